The number of hydrogen-bond donors (Lipinski definition) is 0. The summed E-state index contributed by atoms with van der Waals surface area (Å²) in [6.07, 6.45) is 1.87. The van der Waals surface area contributed by atoms with Crippen LogP contribution in [0.1, 0.15) is 47.6 Å². The first-order chi connectivity index (χ1) is 12.7. The van der Waals surface area contributed by atoms with Crippen LogP contribution in [0.5, 0.6) is 0 Å². The zero-order chi connectivity index (χ0) is 18.1. The molecule has 2 aromatic carbocycles. The van der Waals surface area contributed by atoms with Crippen molar-refractivity contribution in [3.05, 3.63) is 65.5 Å². The van der Waals surface area contributed by atoms with Crippen LogP contribution in [0.3, 0.4) is 0 Å². The summed E-state index contributed by atoms with van der Waals surface area (Å²) in [5.74, 6) is 0.926. The molecule has 0 N–H and O–H groups in total. The summed E-state index contributed by atoms with van der Waals surface area (Å²) in [4.78, 5) is 19.8. The topological polar surface area (TPSA) is 61.9 Å². The maximum Gasteiger partial charge on any atom is 0.254 e. The molecule has 1 atom stereocenters. The van der Waals surface area contributed by atoms with Crippen LogP contribution < -0.4 is 0 Å². The van der Waals surface area contributed by atoms with E-state index in [0.29, 0.717) is 17.7 Å². The van der Waals surface area contributed by atoms with Crippen molar-refractivity contribution < 1.29 is 4.79 Å². The van der Waals surface area contributed by atoms with Gasteiger partial charge in [0.2, 0.25) is 0 Å². The van der Waals surface area contributed by atoms with E-state index >= 15 is 0 Å². The summed E-state index contributed by atoms with van der Waals surface area (Å²) < 4.78 is 2.21. The minimum absolute atomic E-state index is 0.0272. The second kappa shape index (κ2) is 6.64. The lowest BCUT2D eigenvalue weighted by molar-refractivity contribution is 0.0728. The molecule has 1 saturated heterocycles. The van der Waals surface area contributed by atoms with E-state index in [2.05, 4.69) is 23.6 Å². The maximum atomic E-state index is 13.1. The van der Waals surface area contributed by atoms with Crippen LogP contribution in [0.4, 0.5) is 0 Å². The van der Waals surface area contributed by atoms with Gasteiger partial charge in [0, 0.05) is 18.7 Å². The first-order valence-corrected chi connectivity index (χ1v) is 8.99. The van der Waals surface area contributed by atoms with E-state index in [-0.39, 0.29) is 11.9 Å². The van der Waals surface area contributed by atoms with E-state index in [1.54, 1.807) is 24.3 Å². The van der Waals surface area contributed by atoms with Crippen LogP contribution in [0, 0.1) is 11.3 Å². The van der Waals surface area contributed by atoms with E-state index < -0.39 is 0 Å². The molecular weight excluding hydrogens is 324 g/mol. The van der Waals surface area contributed by atoms with Gasteiger partial charge in [-0.05, 0) is 50.1 Å². The maximum absolute atomic E-state index is 13.1. The summed E-state index contributed by atoms with van der Waals surface area (Å²) >= 11 is 0. The van der Waals surface area contributed by atoms with Gasteiger partial charge < -0.3 is 9.47 Å². The molecule has 5 heteroatoms. The van der Waals surface area contributed by atoms with Crippen molar-refractivity contribution in [1.29, 1.82) is 5.26 Å². The smallest absolute Gasteiger partial charge is 0.254 e. The number of para-hydroxylation sites is 2. The van der Waals surface area contributed by atoms with Crippen molar-refractivity contribution >= 4 is 16.9 Å². The molecular formula is C21H20N4O. The second-order valence-electron chi connectivity index (χ2n) is 6.55. The summed E-state index contributed by atoms with van der Waals surface area (Å²) in [5.41, 5.74) is 3.15. The number of carbonyl (C=O) groups excluding carboxylic acids is 1. The third-order valence-corrected chi connectivity index (χ3v) is 5.05. The molecule has 0 saturated carbocycles. The number of fused-ring (bicyclic) bond motifs is 1. The average Bonchev–Trinajstić information content (AvgIpc) is 3.31. The summed E-state index contributed by atoms with van der Waals surface area (Å²) in [6, 6.07) is 17.1. The second-order valence-corrected chi connectivity index (χ2v) is 6.55. The van der Waals surface area contributed by atoms with E-state index in [1.807, 2.05) is 23.1 Å². The van der Waals surface area contributed by atoms with E-state index in [1.165, 1.54) is 0 Å². The molecule has 1 fully saturated rings. The highest BCUT2D eigenvalue weighted by Crippen LogP contribution is 2.34. The van der Waals surface area contributed by atoms with Crippen molar-refractivity contribution in [3.63, 3.8) is 0 Å². The van der Waals surface area contributed by atoms with Crippen molar-refractivity contribution in [2.24, 2.45) is 0 Å². The van der Waals surface area contributed by atoms with Gasteiger partial charge in [-0.1, -0.05) is 18.2 Å². The molecule has 3 aromatic rings. The molecule has 1 amide bonds. The molecule has 5 nitrogen and oxygen atoms in total. The first-order valence-electron chi connectivity index (χ1n) is 8.99. The van der Waals surface area contributed by atoms with Gasteiger partial charge in [-0.15, -0.1) is 0 Å². The van der Waals surface area contributed by atoms with Crippen LogP contribution in [-0.2, 0) is 6.54 Å². The summed E-state index contributed by atoms with van der Waals surface area (Å²) in [7, 11) is 0. The van der Waals surface area contributed by atoms with E-state index in [4.69, 9.17) is 10.2 Å². The van der Waals surface area contributed by atoms with E-state index in [0.717, 1.165) is 36.2 Å². The Bertz CT molecular complexity index is 1010. The normalized spacial score (nSPS) is 16.8. The Morgan fingerprint density at radius 3 is 2.92 bits per heavy atom. The summed E-state index contributed by atoms with van der Waals surface area (Å²) in [5, 5.41) is 9.10. The SMILES string of the molecule is CCn1c(C2CCCN2C(=O)c2cccc(C#N)c2)nc2ccccc21. The van der Waals surface area contributed by atoms with Crippen molar-refractivity contribution in [2.45, 2.75) is 32.4 Å². The van der Waals surface area contributed by atoms with Gasteiger partial charge in [0.15, 0.2) is 0 Å². The van der Waals surface area contributed by atoms with Crippen molar-refractivity contribution in [1.82, 2.24) is 14.5 Å². The van der Waals surface area contributed by atoms with Gasteiger partial charge in [-0.3, -0.25) is 4.79 Å². The van der Waals surface area contributed by atoms with Crippen LogP contribution >= 0.6 is 0 Å². The fourth-order valence-electron chi connectivity index (χ4n) is 3.85. The molecule has 0 radical (unpaired) electrons. The van der Waals surface area contributed by atoms with Crippen molar-refractivity contribution in [3.8, 4) is 6.07 Å². The predicted molar refractivity (Wildman–Crippen MR) is 99.6 cm³/mol. The van der Waals surface area contributed by atoms with Gasteiger partial charge in [0.05, 0.1) is 28.7 Å². The molecule has 4 rings (SSSR count). The molecule has 0 aliphatic carbocycles. The van der Waals surface area contributed by atoms with Crippen LogP contribution in [0.15, 0.2) is 48.5 Å². The highest BCUT2D eigenvalue weighted by molar-refractivity contribution is 5.95. The Morgan fingerprint density at radius 2 is 2.12 bits per heavy atom. The lowest BCUT2D eigenvalue weighted by Gasteiger charge is -2.25. The van der Waals surface area contributed by atoms with Crippen LogP contribution in [0.2, 0.25) is 0 Å². The first kappa shape index (κ1) is 16.3. The van der Waals surface area contributed by atoms with Crippen LogP contribution in [-0.4, -0.2) is 26.9 Å². The van der Waals surface area contributed by atoms with E-state index in [9.17, 15) is 4.79 Å². The lowest BCUT2D eigenvalue weighted by atomic mass is 10.1. The fraction of sp³-hybridized carbons (Fsp3) is 0.286. The molecule has 0 bridgehead atoms. The molecule has 26 heavy (non-hydrogen) atoms. The highest BCUT2D eigenvalue weighted by atomic mass is 16.2. The Hall–Kier alpha value is -3.13. The molecule has 2 heterocycles. The molecule has 1 aromatic heterocycles. The zero-order valence-corrected chi connectivity index (χ0v) is 14.7. The number of rotatable bonds is 3. The largest absolute Gasteiger partial charge is 0.328 e. The number of aryl methyl sites for hydroxylation is 1. The number of hydrogen-bond acceptors (Lipinski definition) is 3. The van der Waals surface area contributed by atoms with Gasteiger partial charge >= 0.3 is 0 Å². The molecule has 1 aliphatic rings. The quantitative estimate of drug-likeness (QED) is 0.724. The molecule has 1 unspecified atom stereocenters. The number of likely N-dealkylation sites (tertiary alicyclic amines) is 1. The molecule has 0 spiro atoms. The van der Waals surface area contributed by atoms with Crippen LogP contribution in [0.25, 0.3) is 11.0 Å². The van der Waals surface area contributed by atoms with Gasteiger partial charge in [0.25, 0.3) is 5.91 Å². The monoisotopic (exact) mass is 344 g/mol. The number of aromatic nitrogens is 2. The number of carbonyl (C=O) groups is 1. The van der Waals surface area contributed by atoms with Gasteiger partial charge in [-0.25, -0.2) is 4.98 Å². The zero-order valence-electron chi connectivity index (χ0n) is 14.7. The van der Waals surface area contributed by atoms with Crippen molar-refractivity contribution in [2.75, 3.05) is 6.54 Å². The standard InChI is InChI=1S/C21H20N4O/c1-2-24-18-10-4-3-9-17(18)23-20(24)19-11-6-12-25(19)21(26)16-8-5-7-15(13-16)14-22/h3-5,7-10,13,19H,2,6,11-12H2,1H3. The minimum atomic E-state index is -0.0284. The Balaban J connectivity index is 1.73. The highest BCUT2D eigenvalue weighted by Gasteiger charge is 2.34. The molecule has 130 valence electrons. The minimum Gasteiger partial charge on any atom is -0.328 e. The average molecular weight is 344 g/mol. The van der Waals surface area contributed by atoms with Gasteiger partial charge in [-0.2, -0.15) is 5.26 Å². The lowest BCUT2D eigenvalue weighted by Crippen LogP contribution is -2.32. The number of benzene rings is 2. The third kappa shape index (κ3) is 2.64. The van der Waals surface area contributed by atoms with Gasteiger partial charge in [0.1, 0.15) is 5.82 Å². The summed E-state index contributed by atoms with van der Waals surface area (Å²) in [6.45, 7) is 3.64. The number of nitriles is 1. The Labute approximate surface area is 152 Å². The Morgan fingerprint density at radius 1 is 1.27 bits per heavy atom. The predicted octanol–water partition coefficient (Wildman–Crippen LogP) is 3.91. The number of imidazole rings is 1. The molecule has 1 aliphatic heterocycles. The third-order valence-electron chi connectivity index (χ3n) is 5.05. The Kier molecular flexibility index (Phi) is 4.18. The number of amides is 1. The fourth-order valence-corrected chi connectivity index (χ4v) is 3.85. The number of nitrogens with zero attached hydrogens (tertiary/aromatic N) is 4.